The molecule has 0 fully saturated rings. The van der Waals surface area contributed by atoms with Crippen molar-refractivity contribution in [3.63, 3.8) is 0 Å². The van der Waals surface area contributed by atoms with Crippen molar-refractivity contribution in [1.29, 1.82) is 0 Å². The Kier molecular flexibility index (Phi) is 4.43. The molecule has 4 nitrogen and oxygen atoms in total. The fourth-order valence-corrected chi connectivity index (χ4v) is 2.58. The van der Waals surface area contributed by atoms with E-state index in [1.54, 1.807) is 31.2 Å². The molecule has 0 radical (unpaired) electrons. The summed E-state index contributed by atoms with van der Waals surface area (Å²) in [4.78, 5) is 15.7. The number of nitrogens with zero attached hydrogens (tertiary/aromatic N) is 2. The molecule has 3 aromatic rings. The average Bonchev–Trinajstić information content (AvgIpc) is 2.90. The number of alkyl halides is 3. The second-order valence-electron chi connectivity index (χ2n) is 5.42. The van der Waals surface area contributed by atoms with Gasteiger partial charge in [-0.3, -0.25) is 0 Å². The maximum Gasteiger partial charge on any atom is 0.449 e. The second kappa shape index (κ2) is 6.40. The van der Waals surface area contributed by atoms with E-state index in [9.17, 15) is 18.0 Å². The van der Waals surface area contributed by atoms with E-state index in [1.807, 2.05) is 0 Å². The first-order valence-electron chi connectivity index (χ1n) is 7.25. The van der Waals surface area contributed by atoms with Crippen molar-refractivity contribution in [1.82, 2.24) is 9.55 Å². The van der Waals surface area contributed by atoms with Gasteiger partial charge in [0, 0.05) is 0 Å². The smallest absolute Gasteiger partial charge is 0.424 e. The van der Waals surface area contributed by atoms with Crippen LogP contribution in [0.15, 0.2) is 42.5 Å². The third-order valence-electron chi connectivity index (χ3n) is 3.51. The number of hydrogen-bond acceptors (Lipinski definition) is 3. The minimum atomic E-state index is -4.69. The highest BCUT2D eigenvalue weighted by atomic mass is 35.5. The monoisotopic (exact) mass is 368 g/mol. The molecule has 1 aromatic heterocycles. The van der Waals surface area contributed by atoms with Gasteiger partial charge in [0.15, 0.2) is 0 Å². The van der Waals surface area contributed by atoms with Gasteiger partial charge < -0.3 is 9.30 Å². The van der Waals surface area contributed by atoms with Crippen LogP contribution in [0.25, 0.3) is 11.0 Å². The molecule has 0 atom stereocenters. The van der Waals surface area contributed by atoms with Crippen molar-refractivity contribution < 1.29 is 22.7 Å². The Morgan fingerprint density at radius 1 is 1.24 bits per heavy atom. The fraction of sp³-hybridized carbons (Fsp3) is 0.176. The van der Waals surface area contributed by atoms with Crippen molar-refractivity contribution >= 4 is 28.6 Å². The van der Waals surface area contributed by atoms with E-state index in [2.05, 4.69) is 4.98 Å². The van der Waals surface area contributed by atoms with E-state index in [1.165, 1.54) is 18.2 Å². The van der Waals surface area contributed by atoms with Crippen LogP contribution in [0.4, 0.5) is 13.2 Å². The number of para-hydroxylation sites is 2. The number of rotatable bonds is 3. The summed E-state index contributed by atoms with van der Waals surface area (Å²) in [7, 11) is 0. The van der Waals surface area contributed by atoms with E-state index in [0.29, 0.717) is 0 Å². The molecule has 0 amide bonds. The van der Waals surface area contributed by atoms with Gasteiger partial charge in [0.25, 0.3) is 0 Å². The minimum absolute atomic E-state index is 0.102. The second-order valence-corrected chi connectivity index (χ2v) is 5.82. The van der Waals surface area contributed by atoms with Gasteiger partial charge in [0.1, 0.15) is 12.3 Å². The minimum Gasteiger partial charge on any atom is -0.424 e. The maximum atomic E-state index is 13.2. The van der Waals surface area contributed by atoms with Gasteiger partial charge in [-0.1, -0.05) is 29.8 Å². The molecule has 0 saturated carbocycles. The van der Waals surface area contributed by atoms with Gasteiger partial charge in [0.05, 0.1) is 16.1 Å². The van der Waals surface area contributed by atoms with Gasteiger partial charge in [0.2, 0.25) is 5.82 Å². The Hall–Kier alpha value is -2.54. The number of benzene rings is 2. The Bertz CT molecular complexity index is 951. The van der Waals surface area contributed by atoms with E-state index in [4.69, 9.17) is 16.3 Å². The summed E-state index contributed by atoms with van der Waals surface area (Å²) in [5.41, 5.74) is 1.15. The van der Waals surface area contributed by atoms with Gasteiger partial charge >= 0.3 is 12.1 Å². The lowest BCUT2D eigenvalue weighted by Gasteiger charge is -2.12. The largest absolute Gasteiger partial charge is 0.449 e. The van der Waals surface area contributed by atoms with E-state index in [-0.39, 0.29) is 21.8 Å². The van der Waals surface area contributed by atoms with E-state index >= 15 is 0 Å². The topological polar surface area (TPSA) is 44.1 Å². The lowest BCUT2D eigenvalue weighted by atomic mass is 10.2. The molecule has 0 N–H and O–H groups in total. The summed E-state index contributed by atoms with van der Waals surface area (Å²) in [6, 6.07) is 10.9. The summed E-state index contributed by atoms with van der Waals surface area (Å²) in [5, 5.41) is 0.200. The zero-order valence-corrected chi connectivity index (χ0v) is 13.7. The van der Waals surface area contributed by atoms with Crippen LogP contribution < -0.4 is 4.74 Å². The molecule has 0 saturated heterocycles. The first kappa shape index (κ1) is 17.3. The Morgan fingerprint density at radius 2 is 1.96 bits per heavy atom. The van der Waals surface area contributed by atoms with Crippen LogP contribution in [0.1, 0.15) is 11.4 Å². The molecule has 2 aromatic carbocycles. The van der Waals surface area contributed by atoms with E-state index < -0.39 is 24.5 Å². The quantitative estimate of drug-likeness (QED) is 0.500. The summed E-state index contributed by atoms with van der Waals surface area (Å²) >= 11 is 5.94. The average molecular weight is 369 g/mol. The number of carbonyl (C=O) groups excluding carboxylic acids is 1. The van der Waals surface area contributed by atoms with Crippen LogP contribution in [0, 0.1) is 6.92 Å². The van der Waals surface area contributed by atoms with Crippen LogP contribution in [0.3, 0.4) is 0 Å². The molecule has 25 heavy (non-hydrogen) atoms. The highest BCUT2D eigenvalue weighted by Gasteiger charge is 2.38. The SMILES string of the molecule is Cc1ccc(Cl)c(OC(=O)Cn2c(C(F)(F)F)nc3ccccc32)c1. The highest BCUT2D eigenvalue weighted by molar-refractivity contribution is 6.32. The number of aryl methyl sites for hydroxylation is 1. The van der Waals surface area contributed by atoms with Crippen molar-refractivity contribution in [3.8, 4) is 5.75 Å². The number of carbonyl (C=O) groups is 1. The standard InChI is InChI=1S/C17H12ClF3N2O2/c1-10-6-7-11(18)14(8-10)25-15(24)9-23-13-5-3-2-4-12(13)22-16(23)17(19,20)21/h2-8H,9H2,1H3. The zero-order valence-electron chi connectivity index (χ0n) is 13.0. The summed E-state index contributed by atoms with van der Waals surface area (Å²) < 4.78 is 45.6. The summed E-state index contributed by atoms with van der Waals surface area (Å²) in [6.07, 6.45) is -4.69. The van der Waals surface area contributed by atoms with Gasteiger partial charge in [-0.25, -0.2) is 9.78 Å². The number of aromatic nitrogens is 2. The van der Waals surface area contributed by atoms with Gasteiger partial charge in [-0.2, -0.15) is 13.2 Å². The van der Waals surface area contributed by atoms with Crippen LogP contribution in [0.2, 0.25) is 5.02 Å². The highest BCUT2D eigenvalue weighted by Crippen LogP contribution is 2.32. The number of halogens is 4. The molecular formula is C17H12ClF3N2O2. The summed E-state index contributed by atoms with van der Waals surface area (Å²) in [6.45, 7) is 1.14. The van der Waals surface area contributed by atoms with Crippen LogP contribution in [0.5, 0.6) is 5.75 Å². The summed E-state index contributed by atoms with van der Waals surface area (Å²) in [5.74, 6) is -1.92. The van der Waals surface area contributed by atoms with E-state index in [0.717, 1.165) is 10.1 Å². The Labute approximate surface area is 145 Å². The van der Waals surface area contributed by atoms with Gasteiger partial charge in [-0.05, 0) is 36.8 Å². The van der Waals surface area contributed by atoms with Crippen molar-refractivity contribution in [2.45, 2.75) is 19.6 Å². The molecule has 1 heterocycles. The van der Waals surface area contributed by atoms with Crippen LogP contribution in [-0.4, -0.2) is 15.5 Å². The molecule has 0 aliphatic heterocycles. The molecule has 3 rings (SSSR count). The molecule has 0 aliphatic rings. The lowest BCUT2D eigenvalue weighted by molar-refractivity contribution is -0.148. The molecule has 8 heteroatoms. The van der Waals surface area contributed by atoms with Crippen molar-refractivity contribution in [2.75, 3.05) is 0 Å². The zero-order chi connectivity index (χ0) is 18.2. The van der Waals surface area contributed by atoms with Gasteiger partial charge in [-0.15, -0.1) is 0 Å². The number of imidazole rings is 1. The molecule has 0 spiro atoms. The Balaban J connectivity index is 1.94. The first-order valence-corrected chi connectivity index (χ1v) is 7.63. The molecule has 0 unspecified atom stereocenters. The number of hydrogen-bond donors (Lipinski definition) is 0. The lowest BCUT2D eigenvalue weighted by Crippen LogP contribution is -2.22. The molecule has 0 aliphatic carbocycles. The predicted molar refractivity (Wildman–Crippen MR) is 86.6 cm³/mol. The first-order chi connectivity index (χ1) is 11.8. The fourth-order valence-electron chi connectivity index (χ4n) is 2.42. The third kappa shape index (κ3) is 3.61. The Morgan fingerprint density at radius 3 is 2.68 bits per heavy atom. The normalized spacial score (nSPS) is 11.7. The number of fused-ring (bicyclic) bond motifs is 1. The third-order valence-corrected chi connectivity index (χ3v) is 3.82. The van der Waals surface area contributed by atoms with Crippen LogP contribution in [-0.2, 0) is 17.5 Å². The van der Waals surface area contributed by atoms with Crippen molar-refractivity contribution in [2.24, 2.45) is 0 Å². The number of esters is 1. The molecule has 130 valence electrons. The number of ether oxygens (including phenoxy) is 1. The maximum absolute atomic E-state index is 13.2. The van der Waals surface area contributed by atoms with Crippen LogP contribution >= 0.6 is 11.6 Å². The molecular weight excluding hydrogens is 357 g/mol. The predicted octanol–water partition coefficient (Wildman–Crippen LogP) is 4.62. The molecule has 0 bridgehead atoms. The van der Waals surface area contributed by atoms with Crippen molar-refractivity contribution in [3.05, 3.63) is 58.9 Å².